The van der Waals surface area contributed by atoms with Crippen LogP contribution < -0.4 is 0 Å². The molecule has 2 nitrogen and oxygen atoms in total. The molecule has 0 saturated carbocycles. The number of hydrogen-bond acceptors (Lipinski definition) is 1. The Labute approximate surface area is 102 Å². The van der Waals surface area contributed by atoms with Crippen LogP contribution in [0.2, 0.25) is 0 Å². The molecule has 0 radical (unpaired) electrons. The Kier molecular flexibility index (Phi) is 3.57. The topological polar surface area (TPSA) is 17.1 Å². The van der Waals surface area contributed by atoms with Gasteiger partial charge in [-0.3, -0.25) is 4.79 Å². The molecule has 1 aliphatic rings. The molecule has 1 aromatic carbocycles. The van der Waals surface area contributed by atoms with Crippen LogP contribution in [0.15, 0.2) is 24.3 Å². The van der Waals surface area contributed by atoms with Crippen molar-refractivity contribution in [2.75, 3.05) is 26.7 Å². The summed E-state index contributed by atoms with van der Waals surface area (Å²) >= 11 is 0. The van der Waals surface area contributed by atoms with Gasteiger partial charge in [0.15, 0.2) is 0 Å². The standard InChI is InChI=1S/C14H19FNO/c1-16(9-3-2-4-10-16)11-14(17)12-5-7-13(15)8-6-12/h5-8H,2-4,9-11H2,1H3/q+1. The monoisotopic (exact) mass is 236 g/mol. The first-order valence-corrected chi connectivity index (χ1v) is 6.21. The van der Waals surface area contributed by atoms with Gasteiger partial charge in [-0.25, -0.2) is 4.39 Å². The van der Waals surface area contributed by atoms with E-state index in [1.54, 1.807) is 12.1 Å². The second kappa shape index (κ2) is 4.96. The van der Waals surface area contributed by atoms with Gasteiger partial charge in [0.25, 0.3) is 0 Å². The zero-order chi connectivity index (χ0) is 12.3. The second-order valence-electron chi connectivity index (χ2n) is 5.22. The van der Waals surface area contributed by atoms with Gasteiger partial charge in [-0.15, -0.1) is 0 Å². The van der Waals surface area contributed by atoms with E-state index >= 15 is 0 Å². The average Bonchev–Trinajstić information content (AvgIpc) is 2.30. The van der Waals surface area contributed by atoms with Gasteiger partial charge in [-0.05, 0) is 43.5 Å². The number of quaternary nitrogens is 1. The van der Waals surface area contributed by atoms with Crippen molar-refractivity contribution in [3.63, 3.8) is 0 Å². The molecule has 0 amide bonds. The third kappa shape index (κ3) is 3.13. The van der Waals surface area contributed by atoms with Gasteiger partial charge in [-0.1, -0.05) is 0 Å². The molecule has 1 aliphatic heterocycles. The minimum Gasteiger partial charge on any atom is -0.320 e. The molecule has 17 heavy (non-hydrogen) atoms. The fraction of sp³-hybridized carbons (Fsp3) is 0.500. The van der Waals surface area contributed by atoms with Gasteiger partial charge in [0.2, 0.25) is 5.78 Å². The van der Waals surface area contributed by atoms with Gasteiger partial charge in [0.05, 0.1) is 20.1 Å². The number of likely N-dealkylation sites (tertiary alicyclic amines) is 1. The number of likely N-dealkylation sites (N-methyl/N-ethyl adjacent to an activating group) is 1. The van der Waals surface area contributed by atoms with Crippen molar-refractivity contribution in [2.45, 2.75) is 19.3 Å². The van der Waals surface area contributed by atoms with E-state index in [1.807, 2.05) is 0 Å². The predicted molar refractivity (Wildman–Crippen MR) is 65.4 cm³/mol. The Hall–Kier alpha value is -1.22. The third-order valence-corrected chi connectivity index (χ3v) is 3.59. The van der Waals surface area contributed by atoms with Crippen molar-refractivity contribution < 1.29 is 13.7 Å². The lowest BCUT2D eigenvalue weighted by atomic mass is 10.1. The highest BCUT2D eigenvalue weighted by Gasteiger charge is 2.27. The summed E-state index contributed by atoms with van der Waals surface area (Å²) in [5, 5.41) is 0. The van der Waals surface area contributed by atoms with Gasteiger partial charge in [-0.2, -0.15) is 0 Å². The smallest absolute Gasteiger partial charge is 0.216 e. The van der Waals surface area contributed by atoms with E-state index in [1.165, 1.54) is 31.4 Å². The predicted octanol–water partition coefficient (Wildman–Crippen LogP) is 2.64. The van der Waals surface area contributed by atoms with E-state index in [-0.39, 0.29) is 11.6 Å². The van der Waals surface area contributed by atoms with Gasteiger partial charge in [0.1, 0.15) is 12.4 Å². The number of piperidine rings is 1. The number of ketones is 1. The van der Waals surface area contributed by atoms with Crippen LogP contribution in [0.5, 0.6) is 0 Å². The lowest BCUT2D eigenvalue weighted by Gasteiger charge is -2.37. The maximum Gasteiger partial charge on any atom is 0.216 e. The fourth-order valence-electron chi connectivity index (χ4n) is 2.51. The summed E-state index contributed by atoms with van der Waals surface area (Å²) in [5.41, 5.74) is 0.622. The number of Topliss-reactive ketones (excluding diaryl/α,β-unsaturated/α-hetero) is 1. The highest BCUT2D eigenvalue weighted by Crippen LogP contribution is 2.17. The molecule has 92 valence electrons. The zero-order valence-corrected chi connectivity index (χ0v) is 10.3. The van der Waals surface area contributed by atoms with E-state index < -0.39 is 0 Å². The summed E-state index contributed by atoms with van der Waals surface area (Å²) in [7, 11) is 2.14. The zero-order valence-electron chi connectivity index (χ0n) is 10.3. The molecule has 0 bridgehead atoms. The molecular weight excluding hydrogens is 217 g/mol. The van der Waals surface area contributed by atoms with Crippen LogP contribution in [0, 0.1) is 5.82 Å². The first-order valence-electron chi connectivity index (χ1n) is 6.21. The van der Waals surface area contributed by atoms with Crippen LogP contribution in [-0.4, -0.2) is 36.9 Å². The van der Waals surface area contributed by atoms with Gasteiger partial charge in [0, 0.05) is 5.56 Å². The molecule has 0 unspecified atom stereocenters. The Bertz CT molecular complexity index is 393. The van der Waals surface area contributed by atoms with Crippen molar-refractivity contribution >= 4 is 5.78 Å². The fourth-order valence-corrected chi connectivity index (χ4v) is 2.51. The number of carbonyl (C=O) groups excluding carboxylic acids is 1. The molecule has 0 N–H and O–H groups in total. The molecule has 2 rings (SSSR count). The average molecular weight is 236 g/mol. The van der Waals surface area contributed by atoms with Crippen LogP contribution in [0.4, 0.5) is 4.39 Å². The highest BCUT2D eigenvalue weighted by atomic mass is 19.1. The maximum atomic E-state index is 12.8. The molecule has 1 heterocycles. The Morgan fingerprint density at radius 1 is 1.18 bits per heavy atom. The van der Waals surface area contributed by atoms with E-state index in [0.717, 1.165) is 17.6 Å². The van der Waals surface area contributed by atoms with Crippen molar-refractivity contribution in [1.82, 2.24) is 0 Å². The summed E-state index contributed by atoms with van der Waals surface area (Å²) in [5.74, 6) is -0.172. The van der Waals surface area contributed by atoms with Crippen molar-refractivity contribution in [3.8, 4) is 0 Å². The number of halogens is 1. The molecule has 3 heteroatoms. The summed E-state index contributed by atoms with van der Waals surface area (Å²) in [6.45, 7) is 2.69. The lowest BCUT2D eigenvalue weighted by Crippen LogP contribution is -2.50. The maximum absolute atomic E-state index is 12.8. The number of benzene rings is 1. The largest absolute Gasteiger partial charge is 0.320 e. The molecule has 0 atom stereocenters. The van der Waals surface area contributed by atoms with Gasteiger partial charge < -0.3 is 4.48 Å². The first-order chi connectivity index (χ1) is 8.09. The van der Waals surface area contributed by atoms with Crippen LogP contribution in [0.1, 0.15) is 29.6 Å². The first kappa shape index (κ1) is 12.2. The molecule has 0 spiro atoms. The molecule has 0 aliphatic carbocycles. The number of nitrogens with zero attached hydrogens (tertiary/aromatic N) is 1. The number of carbonyl (C=O) groups is 1. The normalized spacial score (nSPS) is 18.9. The van der Waals surface area contributed by atoms with Crippen LogP contribution in [0.25, 0.3) is 0 Å². The minimum atomic E-state index is -0.292. The summed E-state index contributed by atoms with van der Waals surface area (Å²) in [4.78, 5) is 12.1. The third-order valence-electron chi connectivity index (χ3n) is 3.59. The highest BCUT2D eigenvalue weighted by molar-refractivity contribution is 5.96. The Balaban J connectivity index is 2.03. The minimum absolute atomic E-state index is 0.120. The summed E-state index contributed by atoms with van der Waals surface area (Å²) in [6.07, 6.45) is 3.68. The summed E-state index contributed by atoms with van der Waals surface area (Å²) < 4.78 is 13.6. The van der Waals surface area contributed by atoms with Crippen molar-refractivity contribution in [3.05, 3.63) is 35.6 Å². The van der Waals surface area contributed by atoms with E-state index in [4.69, 9.17) is 0 Å². The molecular formula is C14H19FNO+. The SMILES string of the molecule is C[N+]1(CC(=O)c2ccc(F)cc2)CCCCC1. The second-order valence-corrected chi connectivity index (χ2v) is 5.22. The molecule has 1 aromatic rings. The van der Waals surface area contributed by atoms with E-state index in [0.29, 0.717) is 12.1 Å². The van der Waals surface area contributed by atoms with Crippen LogP contribution >= 0.6 is 0 Å². The summed E-state index contributed by atoms with van der Waals surface area (Å²) in [6, 6.07) is 5.86. The Morgan fingerprint density at radius 2 is 1.76 bits per heavy atom. The van der Waals surface area contributed by atoms with E-state index in [9.17, 15) is 9.18 Å². The molecule has 1 saturated heterocycles. The number of hydrogen-bond donors (Lipinski definition) is 0. The van der Waals surface area contributed by atoms with Crippen molar-refractivity contribution in [2.24, 2.45) is 0 Å². The van der Waals surface area contributed by atoms with Crippen LogP contribution in [0.3, 0.4) is 0 Å². The van der Waals surface area contributed by atoms with E-state index in [2.05, 4.69) is 7.05 Å². The molecule has 0 aromatic heterocycles. The van der Waals surface area contributed by atoms with Crippen LogP contribution in [-0.2, 0) is 0 Å². The Morgan fingerprint density at radius 3 is 2.35 bits per heavy atom. The lowest BCUT2D eigenvalue weighted by molar-refractivity contribution is -0.906. The quantitative estimate of drug-likeness (QED) is 0.582. The number of rotatable bonds is 3. The van der Waals surface area contributed by atoms with Crippen molar-refractivity contribution in [1.29, 1.82) is 0 Å². The molecule has 1 fully saturated rings. The van der Waals surface area contributed by atoms with Gasteiger partial charge >= 0.3 is 0 Å².